The molecule has 1 heterocycles. The lowest BCUT2D eigenvalue weighted by Gasteiger charge is -2.18. The molecule has 0 fully saturated rings. The Morgan fingerprint density at radius 1 is 1.45 bits per heavy atom. The number of pyridine rings is 1. The molecule has 29 heavy (non-hydrogen) atoms. The van der Waals surface area contributed by atoms with Crippen molar-refractivity contribution in [2.24, 2.45) is 0 Å². The van der Waals surface area contributed by atoms with E-state index in [2.05, 4.69) is 24.6 Å². The number of aromatic nitrogens is 1. The Balaban J connectivity index is 1.90. The number of ether oxygens (including phenoxy) is 2. The number of aryl methyl sites for hydroxylation is 2. The summed E-state index contributed by atoms with van der Waals surface area (Å²) in [5, 5.41) is 10.1. The van der Waals surface area contributed by atoms with Crippen LogP contribution in [0.2, 0.25) is 0 Å². The Morgan fingerprint density at radius 3 is 3.03 bits per heavy atom. The van der Waals surface area contributed by atoms with E-state index in [-0.39, 0.29) is 17.8 Å². The van der Waals surface area contributed by atoms with Gasteiger partial charge in [-0.3, -0.25) is 4.79 Å². The second-order valence-electron chi connectivity index (χ2n) is 6.92. The second kappa shape index (κ2) is 13.7. The smallest absolute Gasteiger partial charge is 0.316 e. The van der Waals surface area contributed by atoms with Crippen LogP contribution in [-0.4, -0.2) is 47.5 Å². The van der Waals surface area contributed by atoms with Gasteiger partial charge < -0.3 is 9.47 Å². The van der Waals surface area contributed by atoms with Crippen molar-refractivity contribution >= 4 is 29.5 Å². The van der Waals surface area contributed by atoms with Crippen molar-refractivity contribution in [3.8, 4) is 6.07 Å². The van der Waals surface area contributed by atoms with E-state index in [1.54, 1.807) is 17.8 Å². The molecule has 1 aliphatic rings. The van der Waals surface area contributed by atoms with E-state index in [0.717, 1.165) is 50.0 Å². The fourth-order valence-corrected chi connectivity index (χ4v) is 4.86. The lowest BCUT2D eigenvalue weighted by molar-refractivity contribution is -0.147. The maximum Gasteiger partial charge on any atom is 0.316 e. The quantitative estimate of drug-likeness (QED) is 0.195. The van der Waals surface area contributed by atoms with E-state index in [0.29, 0.717) is 29.6 Å². The number of rotatable bonds is 13. The van der Waals surface area contributed by atoms with Crippen LogP contribution in [0, 0.1) is 11.3 Å². The molecule has 0 radical (unpaired) electrons. The minimum atomic E-state index is -0.304. The largest absolute Gasteiger partial charge is 0.458 e. The Kier molecular flexibility index (Phi) is 11.2. The number of carbonyl (C=O) groups excluding carboxylic acids is 1. The first-order valence-corrected chi connectivity index (χ1v) is 12.3. The van der Waals surface area contributed by atoms with E-state index < -0.39 is 0 Å². The van der Waals surface area contributed by atoms with Gasteiger partial charge in [-0.2, -0.15) is 17.0 Å². The van der Waals surface area contributed by atoms with Crippen LogP contribution in [0.4, 0.5) is 0 Å². The number of hydrogen-bond acceptors (Lipinski definition) is 7. The van der Waals surface area contributed by atoms with Crippen molar-refractivity contribution in [2.45, 2.75) is 56.6 Å². The number of nitrogens with zero attached hydrogens (tertiary/aromatic N) is 2. The average molecular weight is 435 g/mol. The normalized spacial score (nSPS) is 13.9. The van der Waals surface area contributed by atoms with Gasteiger partial charge in [0.05, 0.1) is 24.5 Å². The SMILES string of the molecule is C=CCOCC(CSCCCC)OC(=O)CSc1nc2c(cc1C#N)CCCC2. The predicted molar refractivity (Wildman–Crippen MR) is 119 cm³/mol. The first kappa shape index (κ1) is 23.8. The molecule has 0 aromatic carbocycles. The Hall–Kier alpha value is -1.49. The fourth-order valence-electron chi connectivity index (χ4n) is 3.01. The molecule has 5 nitrogen and oxygen atoms in total. The first-order valence-electron chi connectivity index (χ1n) is 10.2. The number of nitriles is 1. The lowest BCUT2D eigenvalue weighted by Crippen LogP contribution is -2.27. The van der Waals surface area contributed by atoms with E-state index in [1.807, 2.05) is 6.07 Å². The summed E-state index contributed by atoms with van der Waals surface area (Å²) in [6.45, 7) is 6.60. The number of fused-ring (bicyclic) bond motifs is 1. The predicted octanol–water partition coefficient (Wildman–Crippen LogP) is 4.57. The van der Waals surface area contributed by atoms with E-state index in [9.17, 15) is 10.1 Å². The van der Waals surface area contributed by atoms with Crippen molar-refractivity contribution < 1.29 is 14.3 Å². The minimum Gasteiger partial charge on any atom is -0.458 e. The van der Waals surface area contributed by atoms with Crippen LogP contribution in [0.25, 0.3) is 0 Å². The van der Waals surface area contributed by atoms with Gasteiger partial charge in [-0.15, -0.1) is 6.58 Å². The Labute approximate surface area is 182 Å². The van der Waals surface area contributed by atoms with Gasteiger partial charge in [-0.1, -0.05) is 31.2 Å². The van der Waals surface area contributed by atoms with Crippen LogP contribution in [-0.2, 0) is 27.1 Å². The van der Waals surface area contributed by atoms with Gasteiger partial charge in [0.1, 0.15) is 17.2 Å². The molecule has 0 aliphatic heterocycles. The van der Waals surface area contributed by atoms with E-state index in [4.69, 9.17) is 9.47 Å². The van der Waals surface area contributed by atoms with Gasteiger partial charge >= 0.3 is 5.97 Å². The molecule has 0 saturated carbocycles. The maximum atomic E-state index is 12.4. The highest BCUT2D eigenvalue weighted by atomic mass is 32.2. The van der Waals surface area contributed by atoms with Crippen LogP contribution in [0.5, 0.6) is 0 Å². The monoisotopic (exact) mass is 434 g/mol. The maximum absolute atomic E-state index is 12.4. The van der Waals surface area contributed by atoms with E-state index >= 15 is 0 Å². The summed E-state index contributed by atoms with van der Waals surface area (Å²) in [4.78, 5) is 17.1. The third-order valence-corrected chi connectivity index (χ3v) is 6.65. The number of thioether (sulfide) groups is 2. The van der Waals surface area contributed by atoms with Crippen molar-refractivity contribution in [1.82, 2.24) is 4.98 Å². The molecule has 1 unspecified atom stereocenters. The molecule has 0 bridgehead atoms. The first-order chi connectivity index (χ1) is 14.2. The van der Waals surface area contributed by atoms with Gasteiger partial charge in [-0.05, 0) is 49.5 Å². The number of esters is 1. The summed E-state index contributed by atoms with van der Waals surface area (Å²) in [6, 6.07) is 4.15. The molecule has 2 rings (SSSR count). The highest BCUT2D eigenvalue weighted by Gasteiger charge is 2.19. The zero-order valence-electron chi connectivity index (χ0n) is 17.2. The van der Waals surface area contributed by atoms with Crippen molar-refractivity contribution in [3.63, 3.8) is 0 Å². The number of carbonyl (C=O) groups is 1. The highest BCUT2D eigenvalue weighted by Crippen LogP contribution is 2.27. The van der Waals surface area contributed by atoms with Gasteiger partial charge in [0.15, 0.2) is 0 Å². The Bertz CT molecular complexity index is 719. The Morgan fingerprint density at radius 2 is 2.28 bits per heavy atom. The van der Waals surface area contributed by atoms with Gasteiger partial charge in [-0.25, -0.2) is 4.98 Å². The lowest BCUT2D eigenvalue weighted by atomic mass is 9.95. The molecule has 1 atom stereocenters. The number of unbranched alkanes of at least 4 members (excludes halogenated alkanes) is 1. The second-order valence-corrected chi connectivity index (χ2v) is 9.03. The van der Waals surface area contributed by atoms with Gasteiger partial charge in [0.2, 0.25) is 0 Å². The minimum absolute atomic E-state index is 0.137. The van der Waals surface area contributed by atoms with Crippen LogP contribution in [0.3, 0.4) is 0 Å². The fraction of sp³-hybridized carbons (Fsp3) is 0.591. The van der Waals surface area contributed by atoms with Crippen LogP contribution >= 0.6 is 23.5 Å². The van der Waals surface area contributed by atoms with Crippen molar-refractivity contribution in [3.05, 3.63) is 35.5 Å². The highest BCUT2D eigenvalue weighted by molar-refractivity contribution is 8.00. The topological polar surface area (TPSA) is 72.2 Å². The molecule has 0 spiro atoms. The summed E-state index contributed by atoms with van der Waals surface area (Å²) in [5.74, 6) is 1.60. The molecule has 0 saturated heterocycles. The summed E-state index contributed by atoms with van der Waals surface area (Å²) < 4.78 is 11.1. The van der Waals surface area contributed by atoms with Crippen LogP contribution in [0.15, 0.2) is 23.7 Å². The van der Waals surface area contributed by atoms with Crippen LogP contribution in [0.1, 0.15) is 49.4 Å². The molecular weight excluding hydrogens is 404 g/mol. The standard InChI is InChI=1S/C22H30N2O3S2/c1-3-5-11-28-15-19(14-26-10-4-2)27-21(25)16-29-22-18(13-23)12-17-8-6-7-9-20(17)24-22/h4,12,19H,2-3,5-11,14-16H2,1H3. The zero-order valence-corrected chi connectivity index (χ0v) is 18.8. The molecule has 1 aromatic heterocycles. The molecule has 0 amide bonds. The molecule has 7 heteroatoms. The van der Waals surface area contributed by atoms with Gasteiger partial charge in [0, 0.05) is 11.4 Å². The van der Waals surface area contributed by atoms with Crippen molar-refractivity contribution in [2.75, 3.05) is 30.5 Å². The summed E-state index contributed by atoms with van der Waals surface area (Å²) >= 11 is 3.06. The third kappa shape index (κ3) is 8.41. The summed E-state index contributed by atoms with van der Waals surface area (Å²) in [6.07, 6.45) is 7.89. The van der Waals surface area contributed by atoms with E-state index in [1.165, 1.54) is 17.3 Å². The van der Waals surface area contributed by atoms with Crippen LogP contribution < -0.4 is 0 Å². The number of hydrogen-bond donors (Lipinski definition) is 0. The van der Waals surface area contributed by atoms with Crippen molar-refractivity contribution in [1.29, 1.82) is 5.26 Å². The summed E-state index contributed by atoms with van der Waals surface area (Å²) in [7, 11) is 0. The molecular formula is C22H30N2O3S2. The zero-order chi connectivity index (χ0) is 20.9. The third-order valence-electron chi connectivity index (χ3n) is 4.50. The molecule has 158 valence electrons. The summed E-state index contributed by atoms with van der Waals surface area (Å²) in [5.41, 5.74) is 2.78. The molecule has 1 aliphatic carbocycles. The molecule has 1 aromatic rings. The molecule has 0 N–H and O–H groups in total. The van der Waals surface area contributed by atoms with Gasteiger partial charge in [0.25, 0.3) is 0 Å². The average Bonchev–Trinajstić information content (AvgIpc) is 2.74.